The van der Waals surface area contributed by atoms with Gasteiger partial charge in [-0.1, -0.05) is 12.1 Å². The molecule has 3 N–H and O–H groups in total. The highest BCUT2D eigenvalue weighted by molar-refractivity contribution is 6.04. The van der Waals surface area contributed by atoms with Crippen LogP contribution < -0.4 is 10.6 Å². The second-order valence-corrected chi connectivity index (χ2v) is 8.95. The minimum absolute atomic E-state index is 0.136. The number of carbonyl (C=O) groups excluding carboxylic acids is 1. The van der Waals surface area contributed by atoms with E-state index >= 15 is 0 Å². The maximum atomic E-state index is 14.8. The number of halogens is 1. The molecule has 0 aliphatic heterocycles. The van der Waals surface area contributed by atoms with Gasteiger partial charge in [0, 0.05) is 34.6 Å². The van der Waals surface area contributed by atoms with Gasteiger partial charge >= 0.3 is 0 Å². The number of nitrogens with one attached hydrogen (secondary N) is 3. The first kappa shape index (κ1) is 23.6. The van der Waals surface area contributed by atoms with Gasteiger partial charge in [0.15, 0.2) is 0 Å². The van der Waals surface area contributed by atoms with E-state index in [1.807, 2.05) is 18.2 Å². The van der Waals surface area contributed by atoms with Crippen molar-refractivity contribution in [3.05, 3.63) is 96.3 Å². The molecule has 0 radical (unpaired) electrons. The van der Waals surface area contributed by atoms with Crippen LogP contribution >= 0.6 is 0 Å². The number of anilines is 3. The van der Waals surface area contributed by atoms with Crippen LogP contribution in [0.25, 0.3) is 22.3 Å². The molecule has 8 nitrogen and oxygen atoms in total. The Morgan fingerprint density at radius 3 is 2.76 bits per heavy atom. The Kier molecular flexibility index (Phi) is 6.07. The van der Waals surface area contributed by atoms with Crippen molar-refractivity contribution in [1.82, 2.24) is 19.9 Å². The molecular weight excluding hydrogens is 469 g/mol. The van der Waals surface area contributed by atoms with Crippen molar-refractivity contribution in [3.8, 4) is 17.3 Å². The average molecular weight is 492 g/mol. The summed E-state index contributed by atoms with van der Waals surface area (Å²) in [5, 5.41) is 16.1. The van der Waals surface area contributed by atoms with E-state index in [2.05, 4.69) is 36.6 Å². The summed E-state index contributed by atoms with van der Waals surface area (Å²) >= 11 is 0. The molecule has 0 spiro atoms. The topological polar surface area (TPSA) is 119 Å². The third-order valence-corrected chi connectivity index (χ3v) is 6.02. The third-order valence-electron chi connectivity index (χ3n) is 6.02. The highest BCUT2D eigenvalue weighted by Crippen LogP contribution is 2.32. The molecule has 182 valence electrons. The summed E-state index contributed by atoms with van der Waals surface area (Å²) in [7, 11) is 0. The number of benzene rings is 2. The maximum Gasteiger partial charge on any atom is 0.255 e. The van der Waals surface area contributed by atoms with Gasteiger partial charge in [0.05, 0.1) is 22.9 Å². The van der Waals surface area contributed by atoms with E-state index in [1.165, 1.54) is 24.5 Å². The number of amides is 1. The zero-order valence-electron chi connectivity index (χ0n) is 20.1. The number of nitriles is 1. The monoisotopic (exact) mass is 491 g/mol. The van der Waals surface area contributed by atoms with E-state index in [1.54, 1.807) is 50.5 Å². The molecule has 5 rings (SSSR count). The van der Waals surface area contributed by atoms with Gasteiger partial charge in [0.1, 0.15) is 23.6 Å². The zero-order chi connectivity index (χ0) is 26.0. The van der Waals surface area contributed by atoms with Crippen molar-refractivity contribution in [1.29, 1.82) is 5.26 Å². The molecule has 9 heteroatoms. The fourth-order valence-electron chi connectivity index (χ4n) is 3.93. The van der Waals surface area contributed by atoms with Gasteiger partial charge in [0.25, 0.3) is 5.91 Å². The van der Waals surface area contributed by atoms with Crippen LogP contribution in [0.2, 0.25) is 0 Å². The molecule has 3 aromatic heterocycles. The largest absolute Gasteiger partial charge is 0.346 e. The average Bonchev–Trinajstić information content (AvgIpc) is 3.40. The normalized spacial score (nSPS) is 11.2. The highest BCUT2D eigenvalue weighted by Gasteiger charge is 2.21. The third kappa shape index (κ3) is 4.73. The Morgan fingerprint density at radius 2 is 1.92 bits per heavy atom. The van der Waals surface area contributed by atoms with Crippen molar-refractivity contribution in [2.45, 2.75) is 19.3 Å². The van der Waals surface area contributed by atoms with Crippen molar-refractivity contribution in [2.24, 2.45) is 0 Å². The Morgan fingerprint density at radius 1 is 1.05 bits per heavy atom. The number of fused-ring (bicyclic) bond motifs is 1. The summed E-state index contributed by atoms with van der Waals surface area (Å²) in [4.78, 5) is 29.0. The van der Waals surface area contributed by atoms with E-state index in [0.29, 0.717) is 34.0 Å². The second kappa shape index (κ2) is 9.51. The molecule has 5 aromatic rings. The van der Waals surface area contributed by atoms with Crippen LogP contribution in [-0.4, -0.2) is 25.8 Å². The molecule has 0 aliphatic rings. The Balaban J connectivity index is 1.43. The first-order valence-corrected chi connectivity index (χ1v) is 11.5. The van der Waals surface area contributed by atoms with Crippen LogP contribution in [0.1, 0.15) is 29.8 Å². The highest BCUT2D eigenvalue weighted by atomic mass is 19.1. The Hall–Kier alpha value is -5.10. The molecule has 3 heterocycles. The molecule has 0 unspecified atom stereocenters. The molecule has 1 amide bonds. The number of carbonyl (C=O) groups is 1. The number of rotatable bonds is 6. The van der Waals surface area contributed by atoms with Gasteiger partial charge in [0.2, 0.25) is 0 Å². The van der Waals surface area contributed by atoms with Gasteiger partial charge in [-0.2, -0.15) is 5.26 Å². The zero-order valence-corrected chi connectivity index (χ0v) is 20.1. The van der Waals surface area contributed by atoms with Gasteiger partial charge in [-0.3, -0.25) is 4.79 Å². The van der Waals surface area contributed by atoms with Crippen molar-refractivity contribution >= 4 is 34.1 Å². The fraction of sp³-hybridized carbons (Fsp3) is 0.107. The molecular formula is C28H22FN7O. The van der Waals surface area contributed by atoms with Crippen LogP contribution in [-0.2, 0) is 5.41 Å². The molecule has 0 saturated carbocycles. The van der Waals surface area contributed by atoms with Crippen molar-refractivity contribution < 1.29 is 9.18 Å². The molecule has 2 aromatic carbocycles. The van der Waals surface area contributed by atoms with Crippen LogP contribution in [0.15, 0.2) is 79.4 Å². The Labute approximate surface area is 212 Å². The SMILES string of the molecule is CC(C)(C#N)c1cccc(C(=O)Nc2ccc(F)c(Nc3ncccc3-c3ncnc4[nH]ccc34)c2)c1. The molecule has 0 aliphatic carbocycles. The predicted molar refractivity (Wildman–Crippen MR) is 140 cm³/mol. The van der Waals surface area contributed by atoms with Gasteiger partial charge in [-0.25, -0.2) is 19.3 Å². The first-order chi connectivity index (χ1) is 17.9. The molecule has 0 saturated heterocycles. The van der Waals surface area contributed by atoms with Gasteiger partial charge in [-0.15, -0.1) is 0 Å². The minimum Gasteiger partial charge on any atom is -0.346 e. The second-order valence-electron chi connectivity index (χ2n) is 8.95. The molecule has 0 atom stereocenters. The Bertz CT molecular complexity index is 1670. The molecule has 0 fully saturated rings. The van der Waals surface area contributed by atoms with E-state index in [4.69, 9.17) is 0 Å². The van der Waals surface area contributed by atoms with Gasteiger partial charge < -0.3 is 15.6 Å². The maximum absolute atomic E-state index is 14.8. The number of nitrogens with zero attached hydrogens (tertiary/aromatic N) is 4. The summed E-state index contributed by atoms with van der Waals surface area (Å²) in [5.74, 6) is -0.484. The van der Waals surface area contributed by atoms with Crippen molar-refractivity contribution in [3.63, 3.8) is 0 Å². The lowest BCUT2D eigenvalue weighted by Crippen LogP contribution is -2.17. The quantitative estimate of drug-likeness (QED) is 0.270. The summed E-state index contributed by atoms with van der Waals surface area (Å²) in [6.45, 7) is 3.58. The van der Waals surface area contributed by atoms with Crippen LogP contribution in [0.3, 0.4) is 0 Å². The predicted octanol–water partition coefficient (Wildman–Crippen LogP) is 5.96. The van der Waals surface area contributed by atoms with Crippen molar-refractivity contribution in [2.75, 3.05) is 10.6 Å². The number of aromatic nitrogens is 4. The summed E-state index contributed by atoms with van der Waals surface area (Å²) in [5.41, 5.74) is 2.91. The number of hydrogen-bond acceptors (Lipinski definition) is 6. The molecule has 0 bridgehead atoms. The standard InChI is InChI=1S/C28H22FN7O/c1-28(2,15-30)18-6-3-5-17(13-18)27(37)35-19-8-9-22(29)23(14-19)36-26-20(7-4-11-31-26)24-21-10-12-32-25(21)34-16-33-24/h3-14,16H,1-2H3,(H,31,36)(H,35,37)(H,32,33,34). The van der Waals surface area contributed by atoms with E-state index in [0.717, 1.165) is 10.9 Å². The summed E-state index contributed by atoms with van der Waals surface area (Å²) in [6, 6.07) is 18.9. The lowest BCUT2D eigenvalue weighted by atomic mass is 9.85. The smallest absolute Gasteiger partial charge is 0.255 e. The molecule has 37 heavy (non-hydrogen) atoms. The van der Waals surface area contributed by atoms with E-state index < -0.39 is 11.2 Å². The first-order valence-electron chi connectivity index (χ1n) is 11.5. The van der Waals surface area contributed by atoms with Crippen LogP contribution in [0.4, 0.5) is 21.6 Å². The minimum atomic E-state index is -0.737. The number of pyridine rings is 1. The van der Waals surface area contributed by atoms with E-state index in [9.17, 15) is 14.4 Å². The lowest BCUT2D eigenvalue weighted by molar-refractivity contribution is 0.102. The number of H-pyrrole nitrogens is 1. The number of aromatic amines is 1. The fourth-order valence-corrected chi connectivity index (χ4v) is 3.93. The van der Waals surface area contributed by atoms with Crippen LogP contribution in [0, 0.1) is 17.1 Å². The van der Waals surface area contributed by atoms with E-state index in [-0.39, 0.29) is 11.6 Å². The lowest BCUT2D eigenvalue weighted by Gasteiger charge is -2.17. The summed E-state index contributed by atoms with van der Waals surface area (Å²) < 4.78 is 14.8. The van der Waals surface area contributed by atoms with Gasteiger partial charge in [-0.05, 0) is 67.9 Å². The number of hydrogen-bond donors (Lipinski definition) is 3. The van der Waals surface area contributed by atoms with Crippen LogP contribution in [0.5, 0.6) is 0 Å². The summed E-state index contributed by atoms with van der Waals surface area (Å²) in [6.07, 6.45) is 4.82.